The molecule has 3 aromatic rings. The first-order valence-corrected chi connectivity index (χ1v) is 12.3. The molecule has 6 rings (SSSR count). The molecule has 3 aliphatic rings. The van der Waals surface area contributed by atoms with E-state index in [1.807, 2.05) is 24.3 Å². The minimum absolute atomic E-state index is 0.143. The number of thiazole rings is 1. The number of aromatic nitrogens is 3. The molecule has 1 aromatic carbocycles. The van der Waals surface area contributed by atoms with E-state index in [-0.39, 0.29) is 29.4 Å². The number of halogens is 1. The Hall–Kier alpha value is -2.08. The number of aliphatic hydroxyl groups is 3. The van der Waals surface area contributed by atoms with Gasteiger partial charge in [0.2, 0.25) is 5.95 Å². The summed E-state index contributed by atoms with van der Waals surface area (Å²) in [5.74, 6) is 0.220. The second-order valence-corrected chi connectivity index (χ2v) is 10.4. The van der Waals surface area contributed by atoms with E-state index in [4.69, 9.17) is 21.3 Å². The van der Waals surface area contributed by atoms with E-state index in [2.05, 4.69) is 20.6 Å². The van der Waals surface area contributed by atoms with Crippen LogP contribution in [0.4, 0.5) is 11.8 Å². The van der Waals surface area contributed by atoms with Crippen LogP contribution in [0.2, 0.25) is 5.15 Å². The monoisotopic (exact) mass is 489 g/mol. The van der Waals surface area contributed by atoms with Crippen molar-refractivity contribution in [3.8, 4) is 10.6 Å². The van der Waals surface area contributed by atoms with E-state index < -0.39 is 17.4 Å². The van der Waals surface area contributed by atoms with Crippen LogP contribution >= 0.6 is 22.9 Å². The molecule has 2 aliphatic carbocycles. The number of nitrogens with zero attached hydrogens (tertiary/aromatic N) is 3. The minimum atomic E-state index is -1.74. The van der Waals surface area contributed by atoms with Crippen molar-refractivity contribution in [3.63, 3.8) is 0 Å². The van der Waals surface area contributed by atoms with Gasteiger partial charge in [-0.1, -0.05) is 23.7 Å². The second-order valence-electron chi connectivity index (χ2n) is 8.98. The SMILES string of the molecule is OC1C2CCC(O)(Nc3nc(NC4CCOCC4)nc(Cl)c3-c3nc4ccccc4s3)C12O. The number of hydrogen-bond donors (Lipinski definition) is 5. The fourth-order valence-corrected chi connectivity index (χ4v) is 6.39. The highest BCUT2D eigenvalue weighted by molar-refractivity contribution is 7.21. The molecule has 0 spiro atoms. The van der Waals surface area contributed by atoms with Gasteiger partial charge in [-0.15, -0.1) is 11.3 Å². The van der Waals surface area contributed by atoms with Crippen LogP contribution in [0, 0.1) is 5.92 Å². The van der Waals surface area contributed by atoms with Gasteiger partial charge in [0.05, 0.1) is 21.9 Å². The van der Waals surface area contributed by atoms with Crippen LogP contribution in [0.1, 0.15) is 25.7 Å². The molecule has 3 heterocycles. The van der Waals surface area contributed by atoms with Crippen LogP contribution in [-0.4, -0.2) is 67.0 Å². The van der Waals surface area contributed by atoms with Crippen molar-refractivity contribution >= 4 is 44.9 Å². The lowest BCUT2D eigenvalue weighted by atomic mass is 10.0. The van der Waals surface area contributed by atoms with Gasteiger partial charge in [-0.05, 0) is 37.8 Å². The summed E-state index contributed by atoms with van der Waals surface area (Å²) in [7, 11) is 0. The summed E-state index contributed by atoms with van der Waals surface area (Å²) in [6.45, 7) is 1.32. The van der Waals surface area contributed by atoms with Crippen LogP contribution < -0.4 is 10.6 Å². The van der Waals surface area contributed by atoms with Crippen molar-refractivity contribution in [1.82, 2.24) is 15.0 Å². The number of hydrogen-bond acceptors (Lipinski definition) is 10. The first-order valence-electron chi connectivity index (χ1n) is 11.1. The first-order chi connectivity index (χ1) is 15.9. The zero-order valence-corrected chi connectivity index (χ0v) is 19.2. The second kappa shape index (κ2) is 7.72. The van der Waals surface area contributed by atoms with Gasteiger partial charge < -0.3 is 30.7 Å². The van der Waals surface area contributed by atoms with Crippen LogP contribution in [-0.2, 0) is 4.74 Å². The standard InChI is InChI=1S/C22H24ClN5O4S/c23-17-15(19-25-13-3-1-2-4-14(13)33-19)18(27-20(26-17)24-11-6-9-32-10-7-11)28-21(30)8-5-12-16(29)22(12,21)31/h1-4,11-12,16,29-31H,5-10H2,(H2,24,26,27,28). The average molecular weight is 490 g/mol. The van der Waals surface area contributed by atoms with E-state index >= 15 is 0 Å². The molecule has 4 atom stereocenters. The normalized spacial score (nSPS) is 31.5. The summed E-state index contributed by atoms with van der Waals surface area (Å²) >= 11 is 8.11. The lowest BCUT2D eigenvalue weighted by Crippen LogP contribution is -2.51. The Kier molecular flexibility index (Phi) is 5.02. The van der Waals surface area contributed by atoms with Gasteiger partial charge >= 0.3 is 0 Å². The quantitative estimate of drug-likeness (QED) is 0.271. The maximum Gasteiger partial charge on any atom is 0.226 e. The van der Waals surface area contributed by atoms with Crippen LogP contribution in [0.15, 0.2) is 24.3 Å². The van der Waals surface area contributed by atoms with Crippen molar-refractivity contribution in [3.05, 3.63) is 29.4 Å². The zero-order valence-electron chi connectivity index (χ0n) is 17.7. The van der Waals surface area contributed by atoms with E-state index in [1.54, 1.807) is 0 Å². The van der Waals surface area contributed by atoms with Crippen molar-refractivity contribution in [1.29, 1.82) is 0 Å². The number of rotatable bonds is 5. The summed E-state index contributed by atoms with van der Waals surface area (Å²) in [6, 6.07) is 7.88. The fraction of sp³-hybridized carbons (Fsp3) is 0.500. The first kappa shape index (κ1) is 21.5. The Bertz CT molecular complexity index is 1190. The molecule has 33 heavy (non-hydrogen) atoms. The molecule has 2 saturated carbocycles. The molecule has 5 N–H and O–H groups in total. The summed E-state index contributed by atoms with van der Waals surface area (Å²) in [4.78, 5) is 13.8. The van der Waals surface area contributed by atoms with Crippen LogP contribution in [0.3, 0.4) is 0 Å². The highest BCUT2D eigenvalue weighted by Crippen LogP contribution is 2.61. The molecule has 4 unspecified atom stereocenters. The Morgan fingerprint density at radius 3 is 2.61 bits per heavy atom. The summed E-state index contributed by atoms with van der Waals surface area (Å²) in [6.07, 6.45) is 1.44. The third kappa shape index (κ3) is 3.39. The van der Waals surface area contributed by atoms with E-state index in [1.165, 1.54) is 11.3 Å². The molecule has 2 aromatic heterocycles. The molecule has 0 amide bonds. The highest BCUT2D eigenvalue weighted by atomic mass is 35.5. The van der Waals surface area contributed by atoms with Crippen LogP contribution in [0.25, 0.3) is 20.8 Å². The minimum Gasteiger partial charge on any atom is -0.390 e. The van der Waals surface area contributed by atoms with Gasteiger partial charge in [-0.3, -0.25) is 0 Å². The van der Waals surface area contributed by atoms with Gasteiger partial charge in [0.15, 0.2) is 5.72 Å². The predicted octanol–water partition coefficient (Wildman–Crippen LogP) is 2.61. The summed E-state index contributed by atoms with van der Waals surface area (Å²) < 4.78 is 6.40. The van der Waals surface area contributed by atoms with Gasteiger partial charge in [-0.2, -0.15) is 4.98 Å². The summed E-state index contributed by atoms with van der Waals surface area (Å²) in [5, 5.41) is 39.5. The predicted molar refractivity (Wildman–Crippen MR) is 125 cm³/mol. The molecule has 11 heteroatoms. The maximum atomic E-state index is 11.3. The number of benzene rings is 1. The summed E-state index contributed by atoms with van der Waals surface area (Å²) in [5.41, 5.74) is -2.09. The van der Waals surface area contributed by atoms with E-state index in [0.717, 1.165) is 23.1 Å². The smallest absolute Gasteiger partial charge is 0.226 e. The van der Waals surface area contributed by atoms with Crippen molar-refractivity contribution in [2.45, 2.75) is 49.2 Å². The molecule has 9 nitrogen and oxygen atoms in total. The van der Waals surface area contributed by atoms with Crippen LogP contribution in [0.5, 0.6) is 0 Å². The highest BCUT2D eigenvalue weighted by Gasteiger charge is 2.78. The molecule has 3 fully saturated rings. The van der Waals surface area contributed by atoms with Gasteiger partial charge in [-0.25, -0.2) is 9.97 Å². The maximum absolute atomic E-state index is 11.3. The Labute approximate surface area is 198 Å². The lowest BCUT2D eigenvalue weighted by Gasteiger charge is -2.33. The molecular formula is C22H24ClN5O4S. The van der Waals surface area contributed by atoms with Crippen molar-refractivity contribution < 1.29 is 20.1 Å². The number of fused-ring (bicyclic) bond motifs is 2. The third-order valence-electron chi connectivity index (χ3n) is 7.02. The largest absolute Gasteiger partial charge is 0.390 e. The topological polar surface area (TPSA) is 133 Å². The number of aliphatic hydroxyl groups excluding tert-OH is 1. The molecular weight excluding hydrogens is 466 g/mol. The third-order valence-corrected chi connectivity index (χ3v) is 8.35. The average Bonchev–Trinajstić information content (AvgIpc) is 3.08. The number of ether oxygens (including phenoxy) is 1. The fourth-order valence-electron chi connectivity index (χ4n) is 5.06. The Balaban J connectivity index is 1.42. The van der Waals surface area contributed by atoms with Gasteiger partial charge in [0.1, 0.15) is 21.6 Å². The lowest BCUT2D eigenvalue weighted by molar-refractivity contribution is -0.0851. The molecule has 0 radical (unpaired) electrons. The molecule has 1 aliphatic heterocycles. The molecule has 1 saturated heterocycles. The molecule has 174 valence electrons. The zero-order chi connectivity index (χ0) is 22.8. The Morgan fingerprint density at radius 2 is 1.88 bits per heavy atom. The van der Waals surface area contributed by atoms with Crippen molar-refractivity contribution in [2.75, 3.05) is 23.8 Å². The van der Waals surface area contributed by atoms with E-state index in [0.29, 0.717) is 36.2 Å². The number of nitrogens with one attached hydrogen (secondary N) is 2. The number of para-hydroxylation sites is 1. The van der Waals surface area contributed by atoms with E-state index in [9.17, 15) is 15.3 Å². The Morgan fingerprint density at radius 1 is 1.09 bits per heavy atom. The van der Waals surface area contributed by atoms with Crippen molar-refractivity contribution in [2.24, 2.45) is 5.92 Å². The number of anilines is 2. The molecule has 0 bridgehead atoms. The van der Waals surface area contributed by atoms with Gasteiger partial charge in [0, 0.05) is 25.2 Å². The van der Waals surface area contributed by atoms with Gasteiger partial charge in [0.25, 0.3) is 0 Å².